The fraction of sp³-hybridized carbons (Fsp3) is 0.263. The first-order valence-corrected chi connectivity index (χ1v) is 7.91. The van der Waals surface area contributed by atoms with E-state index in [4.69, 9.17) is 0 Å². The van der Waals surface area contributed by atoms with Crippen LogP contribution >= 0.6 is 0 Å². The highest BCUT2D eigenvalue weighted by Gasteiger charge is 2.30. The molecule has 2 N–H and O–H groups in total. The summed E-state index contributed by atoms with van der Waals surface area (Å²) in [5, 5.41) is 5.11. The van der Waals surface area contributed by atoms with Gasteiger partial charge in [0.05, 0.1) is 5.56 Å². The van der Waals surface area contributed by atoms with Gasteiger partial charge in [0.15, 0.2) is 0 Å². The zero-order valence-corrected chi connectivity index (χ0v) is 14.6. The zero-order chi connectivity index (χ0) is 19.5. The normalized spacial score (nSPS) is 11.2. The van der Waals surface area contributed by atoms with Crippen LogP contribution in [0.1, 0.15) is 28.7 Å². The summed E-state index contributed by atoms with van der Waals surface area (Å²) in [6.07, 6.45) is -4.88. The molecule has 0 saturated carbocycles. The Morgan fingerprint density at radius 2 is 1.38 bits per heavy atom. The van der Waals surface area contributed by atoms with Gasteiger partial charge in [0.25, 0.3) is 0 Å². The third-order valence-corrected chi connectivity index (χ3v) is 3.76. The summed E-state index contributed by atoms with van der Waals surface area (Å²) >= 11 is 0. The zero-order valence-electron chi connectivity index (χ0n) is 14.6. The Labute approximate surface area is 149 Å². The number of amides is 2. The molecule has 0 aliphatic heterocycles. The number of hydrogen-bond acceptors (Lipinski definition) is 2. The van der Waals surface area contributed by atoms with Gasteiger partial charge < -0.3 is 10.6 Å². The second-order valence-electron chi connectivity index (χ2n) is 6.12. The average molecular weight is 364 g/mol. The van der Waals surface area contributed by atoms with Crippen molar-refractivity contribution in [2.45, 2.75) is 33.4 Å². The second kappa shape index (κ2) is 7.59. The Kier molecular flexibility index (Phi) is 5.69. The minimum atomic E-state index is -4.44. The smallest absolute Gasteiger partial charge is 0.326 e. The molecule has 4 nitrogen and oxygen atoms in total. The van der Waals surface area contributed by atoms with Gasteiger partial charge in [-0.3, -0.25) is 9.59 Å². The molecule has 0 heterocycles. The van der Waals surface area contributed by atoms with Crippen molar-refractivity contribution >= 4 is 23.2 Å². The Hall–Kier alpha value is -2.83. The standard InChI is InChI=1S/C19H19F3N2O2/c1-11-8-12(2)18(13(3)9-11)24-17(26)10-16(25)23-15-6-4-14(5-7-15)19(20,21)22/h4-9H,10H2,1-3H3,(H,23,25)(H,24,26). The monoisotopic (exact) mass is 364 g/mol. The third-order valence-electron chi connectivity index (χ3n) is 3.76. The molecular weight excluding hydrogens is 345 g/mol. The quantitative estimate of drug-likeness (QED) is 0.779. The van der Waals surface area contributed by atoms with Crippen molar-refractivity contribution in [2.75, 3.05) is 10.6 Å². The van der Waals surface area contributed by atoms with Gasteiger partial charge in [0.2, 0.25) is 11.8 Å². The van der Waals surface area contributed by atoms with Gasteiger partial charge in [0, 0.05) is 11.4 Å². The Morgan fingerprint density at radius 3 is 1.88 bits per heavy atom. The third kappa shape index (κ3) is 5.08. The van der Waals surface area contributed by atoms with Crippen molar-refractivity contribution in [3.05, 3.63) is 58.7 Å². The molecule has 0 saturated heterocycles. The van der Waals surface area contributed by atoms with E-state index in [-0.39, 0.29) is 5.69 Å². The molecule has 2 rings (SSSR count). The molecule has 0 bridgehead atoms. The number of carbonyl (C=O) groups excluding carboxylic acids is 2. The van der Waals surface area contributed by atoms with Crippen molar-refractivity contribution < 1.29 is 22.8 Å². The summed E-state index contributed by atoms with van der Waals surface area (Å²) in [7, 11) is 0. The van der Waals surface area contributed by atoms with Gasteiger partial charge in [-0.2, -0.15) is 13.2 Å². The molecule has 0 unspecified atom stereocenters. The topological polar surface area (TPSA) is 58.2 Å². The lowest BCUT2D eigenvalue weighted by molar-refractivity contribution is -0.137. The number of benzene rings is 2. The summed E-state index contributed by atoms with van der Waals surface area (Å²) in [4.78, 5) is 24.0. The van der Waals surface area contributed by atoms with Crippen molar-refractivity contribution in [2.24, 2.45) is 0 Å². The molecule has 0 aliphatic rings. The molecule has 2 aromatic rings. The van der Waals surface area contributed by atoms with Crippen LogP contribution in [0.3, 0.4) is 0 Å². The van der Waals surface area contributed by atoms with Gasteiger partial charge in [0.1, 0.15) is 6.42 Å². The molecular formula is C19H19F3N2O2. The number of alkyl halides is 3. The van der Waals surface area contributed by atoms with Crippen LogP contribution in [0.5, 0.6) is 0 Å². The molecule has 0 spiro atoms. The first-order valence-electron chi connectivity index (χ1n) is 7.91. The number of hydrogen-bond donors (Lipinski definition) is 2. The minimum Gasteiger partial charge on any atom is -0.326 e. The van der Waals surface area contributed by atoms with Crippen molar-refractivity contribution in [1.29, 1.82) is 0 Å². The summed E-state index contributed by atoms with van der Waals surface area (Å²) in [5.41, 5.74) is 2.89. The van der Waals surface area contributed by atoms with E-state index in [2.05, 4.69) is 10.6 Å². The molecule has 26 heavy (non-hydrogen) atoms. The fourth-order valence-corrected chi connectivity index (χ4v) is 2.65. The Balaban J connectivity index is 1.96. The lowest BCUT2D eigenvalue weighted by atomic mass is 10.0. The SMILES string of the molecule is Cc1cc(C)c(NC(=O)CC(=O)Nc2ccc(C(F)(F)F)cc2)c(C)c1. The van der Waals surface area contributed by atoms with Crippen molar-refractivity contribution in [1.82, 2.24) is 0 Å². The maximum atomic E-state index is 12.5. The van der Waals surface area contributed by atoms with E-state index in [1.54, 1.807) is 0 Å². The highest BCUT2D eigenvalue weighted by atomic mass is 19.4. The summed E-state index contributed by atoms with van der Waals surface area (Å²) < 4.78 is 37.5. The minimum absolute atomic E-state index is 0.193. The lowest BCUT2D eigenvalue weighted by Gasteiger charge is -2.13. The van der Waals surface area contributed by atoms with Gasteiger partial charge >= 0.3 is 6.18 Å². The number of aryl methyl sites for hydroxylation is 3. The van der Waals surface area contributed by atoms with Gasteiger partial charge in [-0.25, -0.2) is 0 Å². The molecule has 2 amide bonds. The maximum Gasteiger partial charge on any atom is 0.416 e. The van der Waals surface area contributed by atoms with Gasteiger partial charge in [-0.1, -0.05) is 17.7 Å². The molecule has 138 valence electrons. The van der Waals surface area contributed by atoms with E-state index in [1.807, 2.05) is 32.9 Å². The maximum absolute atomic E-state index is 12.5. The Morgan fingerprint density at radius 1 is 0.885 bits per heavy atom. The highest BCUT2D eigenvalue weighted by molar-refractivity contribution is 6.08. The molecule has 0 fully saturated rings. The number of anilines is 2. The van der Waals surface area contributed by atoms with Gasteiger partial charge in [-0.15, -0.1) is 0 Å². The number of nitrogens with one attached hydrogen (secondary N) is 2. The summed E-state index contributed by atoms with van der Waals surface area (Å²) in [6.45, 7) is 5.67. The highest BCUT2D eigenvalue weighted by Crippen LogP contribution is 2.29. The van der Waals surface area contributed by atoms with E-state index in [1.165, 1.54) is 0 Å². The average Bonchev–Trinajstić information content (AvgIpc) is 2.50. The van der Waals surface area contributed by atoms with Crippen LogP contribution in [0.15, 0.2) is 36.4 Å². The van der Waals surface area contributed by atoms with Crippen LogP contribution in [0.4, 0.5) is 24.5 Å². The number of rotatable bonds is 4. The van der Waals surface area contributed by atoms with Crippen LogP contribution in [0, 0.1) is 20.8 Å². The van der Waals surface area contributed by atoms with Gasteiger partial charge in [-0.05, 0) is 56.2 Å². The fourth-order valence-electron chi connectivity index (χ4n) is 2.65. The molecule has 0 radical (unpaired) electrons. The van der Waals surface area contributed by atoms with Crippen LogP contribution in [-0.2, 0) is 15.8 Å². The van der Waals surface area contributed by atoms with E-state index >= 15 is 0 Å². The van der Waals surface area contributed by atoms with Crippen LogP contribution in [0.25, 0.3) is 0 Å². The Bertz CT molecular complexity index is 805. The van der Waals surface area contributed by atoms with Crippen molar-refractivity contribution in [3.63, 3.8) is 0 Å². The largest absolute Gasteiger partial charge is 0.416 e. The first-order chi connectivity index (χ1) is 12.1. The molecule has 0 aromatic heterocycles. The van der Waals surface area contributed by atoms with Crippen LogP contribution < -0.4 is 10.6 Å². The lowest BCUT2D eigenvalue weighted by Crippen LogP contribution is -2.22. The van der Waals surface area contributed by atoms with E-state index in [0.29, 0.717) is 5.69 Å². The molecule has 2 aromatic carbocycles. The number of halogens is 3. The predicted molar refractivity (Wildman–Crippen MR) is 94.0 cm³/mol. The van der Waals surface area contributed by atoms with E-state index in [0.717, 1.165) is 41.0 Å². The van der Waals surface area contributed by atoms with E-state index in [9.17, 15) is 22.8 Å². The second-order valence-corrected chi connectivity index (χ2v) is 6.12. The first kappa shape index (κ1) is 19.5. The van der Waals surface area contributed by atoms with E-state index < -0.39 is 30.0 Å². The van der Waals surface area contributed by atoms with Crippen molar-refractivity contribution in [3.8, 4) is 0 Å². The molecule has 0 aliphatic carbocycles. The molecule has 7 heteroatoms. The number of carbonyl (C=O) groups is 2. The summed E-state index contributed by atoms with van der Waals surface area (Å²) in [5.74, 6) is -1.10. The molecule has 0 atom stereocenters. The van der Waals surface area contributed by atoms with Crippen LogP contribution in [-0.4, -0.2) is 11.8 Å². The van der Waals surface area contributed by atoms with Crippen LogP contribution in [0.2, 0.25) is 0 Å². The predicted octanol–water partition coefficient (Wildman–Crippen LogP) is 4.60. The summed E-state index contributed by atoms with van der Waals surface area (Å²) in [6, 6.07) is 7.87.